The second-order valence-corrected chi connectivity index (χ2v) is 4.20. The lowest BCUT2D eigenvalue weighted by Gasteiger charge is -2.05. The van der Waals surface area contributed by atoms with Crippen molar-refractivity contribution >= 4 is 23.4 Å². The third-order valence-electron chi connectivity index (χ3n) is 2.47. The summed E-state index contributed by atoms with van der Waals surface area (Å²) >= 11 is 5.69. The fourth-order valence-electron chi connectivity index (χ4n) is 1.57. The molecule has 0 aliphatic carbocycles. The smallest absolute Gasteiger partial charge is 0.164 e. The minimum absolute atomic E-state index is 0.132. The van der Waals surface area contributed by atoms with Crippen LogP contribution in [0, 0.1) is 5.82 Å². The van der Waals surface area contributed by atoms with Gasteiger partial charge < -0.3 is 5.32 Å². The Balaban J connectivity index is 1.93. The van der Waals surface area contributed by atoms with Crippen LogP contribution in [0.2, 0.25) is 5.02 Å². The van der Waals surface area contributed by atoms with Gasteiger partial charge in [-0.05, 0) is 17.7 Å². The summed E-state index contributed by atoms with van der Waals surface area (Å²) in [5, 5.41) is 3.11. The van der Waals surface area contributed by atoms with E-state index in [1.54, 1.807) is 12.1 Å². The average molecular weight is 262 g/mol. The van der Waals surface area contributed by atoms with E-state index in [0.717, 1.165) is 5.56 Å². The monoisotopic (exact) mass is 261 g/mol. The summed E-state index contributed by atoms with van der Waals surface area (Å²) in [6.45, 7) is 0.548. The fraction of sp³-hybridized carbons (Fsp3) is 0.0667. The molecule has 0 bridgehead atoms. The summed E-state index contributed by atoms with van der Waals surface area (Å²) in [4.78, 5) is 0. The van der Waals surface area contributed by atoms with Gasteiger partial charge in [0, 0.05) is 6.54 Å². The minimum atomic E-state index is -0.410. The van der Waals surface area contributed by atoms with Crippen molar-refractivity contribution in [3.63, 3.8) is 0 Å². The fourth-order valence-corrected chi connectivity index (χ4v) is 1.74. The standard InChI is InChI=1S/C15H13ClFN/c16-13-9-4-10-14(15(13)17)18-11-5-8-12-6-2-1-3-7-12/h1-10,18H,11H2. The molecule has 1 nitrogen and oxygen atoms in total. The van der Waals surface area contributed by atoms with Crippen molar-refractivity contribution in [1.82, 2.24) is 0 Å². The lowest BCUT2D eigenvalue weighted by molar-refractivity contribution is 0.631. The van der Waals surface area contributed by atoms with Gasteiger partial charge in [-0.1, -0.05) is 60.2 Å². The summed E-state index contributed by atoms with van der Waals surface area (Å²) in [5.74, 6) is -0.410. The number of halogens is 2. The lowest BCUT2D eigenvalue weighted by Crippen LogP contribution is -2.00. The van der Waals surface area contributed by atoms with Crippen LogP contribution in [0.5, 0.6) is 0 Å². The molecule has 2 rings (SSSR count). The van der Waals surface area contributed by atoms with Gasteiger partial charge in [0.25, 0.3) is 0 Å². The van der Waals surface area contributed by atoms with Gasteiger partial charge in [0.05, 0.1) is 10.7 Å². The van der Waals surface area contributed by atoms with Gasteiger partial charge in [-0.3, -0.25) is 0 Å². The zero-order valence-corrected chi connectivity index (χ0v) is 10.5. The molecule has 0 aromatic heterocycles. The summed E-state index contributed by atoms with van der Waals surface area (Å²) < 4.78 is 13.5. The molecule has 0 saturated heterocycles. The van der Waals surface area contributed by atoms with Gasteiger partial charge in [-0.15, -0.1) is 0 Å². The molecule has 0 amide bonds. The molecule has 0 aliphatic rings. The molecule has 18 heavy (non-hydrogen) atoms. The second kappa shape index (κ2) is 6.22. The van der Waals surface area contributed by atoms with Gasteiger partial charge in [0.1, 0.15) is 0 Å². The van der Waals surface area contributed by atoms with Crippen LogP contribution < -0.4 is 5.32 Å². The highest BCUT2D eigenvalue weighted by Crippen LogP contribution is 2.21. The molecule has 0 radical (unpaired) electrons. The second-order valence-electron chi connectivity index (χ2n) is 3.80. The summed E-state index contributed by atoms with van der Waals surface area (Å²) in [6, 6.07) is 14.9. The number of benzene rings is 2. The van der Waals surface area contributed by atoms with E-state index in [1.807, 2.05) is 42.5 Å². The SMILES string of the molecule is Fc1c(Cl)cccc1NCC=Cc1ccccc1. The highest BCUT2D eigenvalue weighted by molar-refractivity contribution is 6.31. The molecule has 0 atom stereocenters. The molecule has 0 unspecified atom stereocenters. The van der Waals surface area contributed by atoms with Crippen molar-refractivity contribution in [2.45, 2.75) is 0 Å². The molecule has 2 aromatic carbocycles. The Labute approximate surface area is 111 Å². The van der Waals surface area contributed by atoms with Crippen LogP contribution in [-0.4, -0.2) is 6.54 Å². The first kappa shape index (κ1) is 12.7. The van der Waals surface area contributed by atoms with Gasteiger partial charge >= 0.3 is 0 Å². The maximum Gasteiger partial charge on any atom is 0.164 e. The van der Waals surface area contributed by atoms with Crippen LogP contribution in [0.3, 0.4) is 0 Å². The molecule has 0 aliphatic heterocycles. The largest absolute Gasteiger partial charge is 0.379 e. The van der Waals surface area contributed by atoms with Crippen LogP contribution in [0.1, 0.15) is 5.56 Å². The first-order valence-electron chi connectivity index (χ1n) is 5.67. The highest BCUT2D eigenvalue weighted by atomic mass is 35.5. The molecule has 0 spiro atoms. The molecule has 0 fully saturated rings. The van der Waals surface area contributed by atoms with E-state index >= 15 is 0 Å². The zero-order valence-electron chi connectivity index (χ0n) is 9.74. The number of hydrogen-bond acceptors (Lipinski definition) is 1. The number of hydrogen-bond donors (Lipinski definition) is 1. The van der Waals surface area contributed by atoms with Gasteiger partial charge in [-0.25, -0.2) is 4.39 Å². The number of nitrogens with one attached hydrogen (secondary N) is 1. The molecule has 0 saturated carbocycles. The predicted octanol–water partition coefficient (Wildman–Crippen LogP) is 4.60. The van der Waals surface area contributed by atoms with Crippen LogP contribution >= 0.6 is 11.6 Å². The third-order valence-corrected chi connectivity index (χ3v) is 2.76. The van der Waals surface area contributed by atoms with E-state index < -0.39 is 5.82 Å². The van der Waals surface area contributed by atoms with Gasteiger partial charge in [0.15, 0.2) is 5.82 Å². The summed E-state index contributed by atoms with van der Waals surface area (Å²) in [5.41, 5.74) is 1.53. The van der Waals surface area contributed by atoms with E-state index in [4.69, 9.17) is 11.6 Å². The molecule has 3 heteroatoms. The van der Waals surface area contributed by atoms with E-state index in [9.17, 15) is 4.39 Å². The Morgan fingerprint density at radius 2 is 1.83 bits per heavy atom. The Morgan fingerprint density at radius 1 is 1.06 bits per heavy atom. The maximum atomic E-state index is 13.5. The Bertz CT molecular complexity index is 537. The van der Waals surface area contributed by atoms with Crippen molar-refractivity contribution in [1.29, 1.82) is 0 Å². The van der Waals surface area contributed by atoms with Crippen molar-refractivity contribution in [3.8, 4) is 0 Å². The molecular weight excluding hydrogens is 249 g/mol. The van der Waals surface area contributed by atoms with Gasteiger partial charge in [-0.2, -0.15) is 0 Å². The van der Waals surface area contributed by atoms with Crippen LogP contribution in [0.4, 0.5) is 10.1 Å². The van der Waals surface area contributed by atoms with E-state index in [2.05, 4.69) is 5.32 Å². The molecule has 2 aromatic rings. The van der Waals surface area contributed by atoms with E-state index in [-0.39, 0.29) is 5.02 Å². The Morgan fingerprint density at radius 3 is 2.61 bits per heavy atom. The minimum Gasteiger partial charge on any atom is -0.379 e. The van der Waals surface area contributed by atoms with E-state index in [0.29, 0.717) is 12.2 Å². The average Bonchev–Trinajstić information content (AvgIpc) is 2.40. The first-order chi connectivity index (χ1) is 8.77. The third kappa shape index (κ3) is 3.34. The molecule has 1 N–H and O–H groups in total. The maximum absolute atomic E-state index is 13.5. The van der Waals surface area contributed by atoms with Crippen molar-refractivity contribution in [3.05, 3.63) is 71.0 Å². The number of anilines is 1. The number of rotatable bonds is 4. The molecular formula is C15H13ClFN. The quantitative estimate of drug-likeness (QED) is 0.848. The van der Waals surface area contributed by atoms with Crippen LogP contribution in [-0.2, 0) is 0 Å². The Hall–Kier alpha value is -1.80. The molecule has 92 valence electrons. The Kier molecular flexibility index (Phi) is 4.37. The van der Waals surface area contributed by atoms with E-state index in [1.165, 1.54) is 6.07 Å². The summed E-state index contributed by atoms with van der Waals surface area (Å²) in [6.07, 6.45) is 3.92. The highest BCUT2D eigenvalue weighted by Gasteiger charge is 2.03. The zero-order chi connectivity index (χ0) is 12.8. The van der Waals surface area contributed by atoms with Gasteiger partial charge in [0.2, 0.25) is 0 Å². The van der Waals surface area contributed by atoms with Crippen LogP contribution in [0.25, 0.3) is 6.08 Å². The van der Waals surface area contributed by atoms with Crippen molar-refractivity contribution < 1.29 is 4.39 Å². The predicted molar refractivity (Wildman–Crippen MR) is 75.4 cm³/mol. The first-order valence-corrected chi connectivity index (χ1v) is 6.04. The summed E-state index contributed by atoms with van der Waals surface area (Å²) in [7, 11) is 0. The van der Waals surface area contributed by atoms with Crippen molar-refractivity contribution in [2.24, 2.45) is 0 Å². The van der Waals surface area contributed by atoms with Crippen molar-refractivity contribution in [2.75, 3.05) is 11.9 Å². The topological polar surface area (TPSA) is 12.0 Å². The van der Waals surface area contributed by atoms with Crippen LogP contribution in [0.15, 0.2) is 54.6 Å². The lowest BCUT2D eigenvalue weighted by atomic mass is 10.2. The molecule has 0 heterocycles. The normalized spacial score (nSPS) is 10.8.